The maximum absolute atomic E-state index is 10.5. The number of aliphatic hydroxyl groups is 1. The lowest BCUT2D eigenvalue weighted by Gasteiger charge is -2.12. The van der Waals surface area contributed by atoms with Crippen LogP contribution in [0.2, 0.25) is 0 Å². The van der Waals surface area contributed by atoms with Crippen molar-refractivity contribution in [3.05, 3.63) is 82.6 Å². The zero-order chi connectivity index (χ0) is 13.9. The molecule has 0 unspecified atom stereocenters. The van der Waals surface area contributed by atoms with Crippen molar-refractivity contribution in [3.63, 3.8) is 0 Å². The fourth-order valence-corrected chi connectivity index (χ4v) is 2.56. The van der Waals surface area contributed by atoms with E-state index in [2.05, 4.69) is 20.9 Å². The van der Waals surface area contributed by atoms with E-state index in [-0.39, 0.29) is 0 Å². The smallest absolute Gasteiger partial charge is 0.106 e. The molecule has 0 aliphatic heterocycles. The summed E-state index contributed by atoms with van der Waals surface area (Å²) in [6, 6.07) is 17.8. The Labute approximate surface area is 126 Å². The lowest BCUT2D eigenvalue weighted by molar-refractivity contribution is 0.221. The Kier molecular flexibility index (Phi) is 3.72. The normalized spacial score (nSPS) is 12.3. The average Bonchev–Trinajstić information content (AvgIpc) is 2.97. The summed E-state index contributed by atoms with van der Waals surface area (Å²) in [4.78, 5) is 3.09. The van der Waals surface area contributed by atoms with E-state index in [1.807, 2.05) is 67.0 Å². The molecule has 100 valence electrons. The third-order valence-corrected chi connectivity index (χ3v) is 3.87. The SMILES string of the molecule is O[C@H](c1ccccc1)c1c[nH]cc1-c1ccc(Br)cc1. The molecule has 0 fully saturated rings. The number of hydrogen-bond donors (Lipinski definition) is 2. The highest BCUT2D eigenvalue weighted by molar-refractivity contribution is 9.10. The predicted octanol–water partition coefficient (Wildman–Crippen LogP) is 4.53. The number of hydrogen-bond acceptors (Lipinski definition) is 1. The molecular weight excluding hydrogens is 314 g/mol. The van der Waals surface area contributed by atoms with Crippen LogP contribution in [0.4, 0.5) is 0 Å². The Hall–Kier alpha value is -1.84. The molecule has 2 aromatic carbocycles. The van der Waals surface area contributed by atoms with Crippen LogP contribution in [0.1, 0.15) is 17.2 Å². The third kappa shape index (κ3) is 2.55. The van der Waals surface area contributed by atoms with Crippen molar-refractivity contribution in [2.24, 2.45) is 0 Å². The molecule has 2 nitrogen and oxygen atoms in total. The zero-order valence-electron chi connectivity index (χ0n) is 10.8. The first-order valence-corrected chi connectivity index (χ1v) is 7.20. The first-order valence-electron chi connectivity index (χ1n) is 6.41. The molecule has 0 aliphatic carbocycles. The fraction of sp³-hybridized carbons (Fsp3) is 0.0588. The van der Waals surface area contributed by atoms with Crippen molar-refractivity contribution >= 4 is 15.9 Å². The van der Waals surface area contributed by atoms with Crippen molar-refractivity contribution in [1.29, 1.82) is 0 Å². The van der Waals surface area contributed by atoms with Gasteiger partial charge in [0.1, 0.15) is 6.10 Å². The van der Waals surface area contributed by atoms with Crippen LogP contribution in [0.5, 0.6) is 0 Å². The molecule has 1 heterocycles. The van der Waals surface area contributed by atoms with Gasteiger partial charge in [-0.1, -0.05) is 58.4 Å². The van der Waals surface area contributed by atoms with E-state index < -0.39 is 6.10 Å². The molecule has 0 saturated heterocycles. The van der Waals surface area contributed by atoms with Gasteiger partial charge in [-0.3, -0.25) is 0 Å². The number of benzene rings is 2. The summed E-state index contributed by atoms with van der Waals surface area (Å²) in [5, 5.41) is 10.5. The van der Waals surface area contributed by atoms with Crippen LogP contribution in [0.15, 0.2) is 71.5 Å². The van der Waals surface area contributed by atoms with Gasteiger partial charge in [0.2, 0.25) is 0 Å². The number of nitrogens with one attached hydrogen (secondary N) is 1. The van der Waals surface area contributed by atoms with E-state index in [1.54, 1.807) is 0 Å². The maximum atomic E-state index is 10.5. The van der Waals surface area contributed by atoms with E-state index >= 15 is 0 Å². The molecule has 0 radical (unpaired) electrons. The van der Waals surface area contributed by atoms with Crippen molar-refractivity contribution in [2.75, 3.05) is 0 Å². The Balaban J connectivity index is 2.00. The first-order chi connectivity index (χ1) is 9.75. The van der Waals surface area contributed by atoms with E-state index in [4.69, 9.17) is 0 Å². The second-order valence-electron chi connectivity index (χ2n) is 4.64. The Bertz CT molecular complexity index is 689. The van der Waals surface area contributed by atoms with E-state index in [9.17, 15) is 5.11 Å². The molecule has 3 aromatic rings. The minimum atomic E-state index is -0.624. The molecule has 0 bridgehead atoms. The van der Waals surface area contributed by atoms with Gasteiger partial charge in [-0.15, -0.1) is 0 Å². The van der Waals surface area contributed by atoms with Crippen LogP contribution in [0.3, 0.4) is 0 Å². The highest BCUT2D eigenvalue weighted by Gasteiger charge is 2.16. The van der Waals surface area contributed by atoms with Gasteiger partial charge >= 0.3 is 0 Å². The summed E-state index contributed by atoms with van der Waals surface area (Å²) < 4.78 is 1.04. The number of halogens is 1. The molecule has 20 heavy (non-hydrogen) atoms. The van der Waals surface area contributed by atoms with E-state index in [0.717, 1.165) is 26.7 Å². The lowest BCUT2D eigenvalue weighted by Crippen LogP contribution is -1.99. The maximum Gasteiger partial charge on any atom is 0.106 e. The Morgan fingerprint density at radius 2 is 1.60 bits per heavy atom. The molecule has 0 amide bonds. The quantitative estimate of drug-likeness (QED) is 0.728. The zero-order valence-corrected chi connectivity index (χ0v) is 12.3. The van der Waals surface area contributed by atoms with Gasteiger partial charge in [0.15, 0.2) is 0 Å². The van der Waals surface area contributed by atoms with Crippen LogP contribution in [0, 0.1) is 0 Å². The molecule has 0 saturated carbocycles. The van der Waals surface area contributed by atoms with Crippen molar-refractivity contribution in [1.82, 2.24) is 4.98 Å². The second kappa shape index (κ2) is 5.65. The van der Waals surface area contributed by atoms with Gasteiger partial charge in [0, 0.05) is 28.0 Å². The summed E-state index contributed by atoms with van der Waals surface area (Å²) in [6.45, 7) is 0. The summed E-state index contributed by atoms with van der Waals surface area (Å²) in [7, 11) is 0. The van der Waals surface area contributed by atoms with Gasteiger partial charge in [0.25, 0.3) is 0 Å². The standard InChI is InChI=1S/C17H14BrNO/c18-14-8-6-12(7-9-14)15-10-19-11-16(15)17(20)13-4-2-1-3-5-13/h1-11,17,19-20H/t17-/m1/s1. The first kappa shape index (κ1) is 13.2. The van der Waals surface area contributed by atoms with Crippen LogP contribution in [-0.2, 0) is 0 Å². The monoisotopic (exact) mass is 327 g/mol. The molecule has 1 atom stereocenters. The summed E-state index contributed by atoms with van der Waals surface area (Å²) in [5.41, 5.74) is 3.89. The van der Waals surface area contributed by atoms with Crippen molar-refractivity contribution in [2.45, 2.75) is 6.10 Å². The second-order valence-corrected chi connectivity index (χ2v) is 5.56. The molecule has 2 N–H and O–H groups in total. The number of aliphatic hydroxyl groups excluding tert-OH is 1. The molecular formula is C17H14BrNO. The molecule has 1 aromatic heterocycles. The highest BCUT2D eigenvalue weighted by Crippen LogP contribution is 2.32. The van der Waals surface area contributed by atoms with Crippen LogP contribution in [-0.4, -0.2) is 10.1 Å². The summed E-state index contributed by atoms with van der Waals surface area (Å²) in [6.07, 6.45) is 3.15. The van der Waals surface area contributed by atoms with Gasteiger partial charge in [-0.05, 0) is 23.3 Å². The number of aromatic nitrogens is 1. The summed E-state index contributed by atoms with van der Waals surface area (Å²) >= 11 is 3.44. The van der Waals surface area contributed by atoms with Gasteiger partial charge in [0.05, 0.1) is 0 Å². The molecule has 0 aliphatic rings. The van der Waals surface area contributed by atoms with Gasteiger partial charge in [-0.2, -0.15) is 0 Å². The highest BCUT2D eigenvalue weighted by atomic mass is 79.9. The Morgan fingerprint density at radius 3 is 2.30 bits per heavy atom. The molecule has 3 rings (SSSR count). The van der Waals surface area contributed by atoms with Crippen LogP contribution in [0.25, 0.3) is 11.1 Å². The Morgan fingerprint density at radius 1 is 0.900 bits per heavy atom. The molecule has 3 heteroatoms. The van der Waals surface area contributed by atoms with Gasteiger partial charge in [-0.25, -0.2) is 0 Å². The van der Waals surface area contributed by atoms with Crippen LogP contribution < -0.4 is 0 Å². The van der Waals surface area contributed by atoms with Crippen LogP contribution >= 0.6 is 15.9 Å². The van der Waals surface area contributed by atoms with E-state index in [0.29, 0.717) is 0 Å². The van der Waals surface area contributed by atoms with Gasteiger partial charge < -0.3 is 10.1 Å². The fourth-order valence-electron chi connectivity index (χ4n) is 2.30. The van der Waals surface area contributed by atoms with Crippen molar-refractivity contribution in [3.8, 4) is 11.1 Å². The number of rotatable bonds is 3. The minimum absolute atomic E-state index is 0.624. The predicted molar refractivity (Wildman–Crippen MR) is 84.4 cm³/mol. The topological polar surface area (TPSA) is 36.0 Å². The third-order valence-electron chi connectivity index (χ3n) is 3.34. The average molecular weight is 328 g/mol. The minimum Gasteiger partial charge on any atom is -0.384 e. The lowest BCUT2D eigenvalue weighted by atomic mass is 9.97. The number of aromatic amines is 1. The summed E-state index contributed by atoms with van der Waals surface area (Å²) in [5.74, 6) is 0. The van der Waals surface area contributed by atoms with Crippen molar-refractivity contribution < 1.29 is 5.11 Å². The molecule has 0 spiro atoms. The van der Waals surface area contributed by atoms with E-state index in [1.165, 1.54) is 0 Å². The largest absolute Gasteiger partial charge is 0.384 e. The number of H-pyrrole nitrogens is 1.